The van der Waals surface area contributed by atoms with Crippen LogP contribution in [0.2, 0.25) is 18.1 Å². The van der Waals surface area contributed by atoms with Crippen molar-refractivity contribution >= 4 is 14.3 Å². The Morgan fingerprint density at radius 2 is 2.00 bits per heavy atom. The number of carbonyl (C=O) groups is 1. The third kappa shape index (κ3) is 6.00. The number of rotatable bonds is 10. The molecule has 0 spiro atoms. The van der Waals surface area contributed by atoms with Gasteiger partial charge in [-0.1, -0.05) is 27.4 Å². The van der Waals surface area contributed by atoms with E-state index in [-0.39, 0.29) is 42.1 Å². The minimum atomic E-state index is -1.82. The first-order valence-electron chi connectivity index (χ1n) is 7.80. The number of ether oxygens (including phenoxy) is 3. The van der Waals surface area contributed by atoms with Crippen LogP contribution in [0.25, 0.3) is 0 Å². The van der Waals surface area contributed by atoms with Gasteiger partial charge in [0.05, 0.1) is 12.7 Å². The van der Waals surface area contributed by atoms with Crippen molar-refractivity contribution in [3.63, 3.8) is 0 Å². The Hall–Kier alpha value is -0.733. The van der Waals surface area contributed by atoms with Gasteiger partial charge in [-0.05, 0) is 18.1 Å². The predicted octanol–water partition coefficient (Wildman–Crippen LogP) is 2.80. The second kappa shape index (κ2) is 7.89. The number of carboxylic acids is 1. The zero-order valence-corrected chi connectivity index (χ0v) is 16.0. The van der Waals surface area contributed by atoms with Crippen LogP contribution in [0.3, 0.4) is 0 Å². The molecule has 0 bridgehead atoms. The predicted molar refractivity (Wildman–Crippen MR) is 90.0 cm³/mol. The average Bonchev–Trinajstić information content (AvgIpc) is 3.19. The Kier molecular flexibility index (Phi) is 6.97. The lowest BCUT2D eigenvalue weighted by Crippen LogP contribution is -2.42. The maximum atomic E-state index is 11.0. The number of methoxy groups -OCH3 is 1. The van der Waals surface area contributed by atoms with Gasteiger partial charge in [-0.2, -0.15) is 0 Å². The molecule has 0 radical (unpaired) electrons. The smallest absolute Gasteiger partial charge is 0.331 e. The average molecular weight is 346 g/mol. The topological polar surface area (TPSA) is 77.5 Å². The number of carboxylic acid groups (broad SMARTS) is 1. The van der Waals surface area contributed by atoms with Crippen molar-refractivity contribution < 1.29 is 28.5 Å². The van der Waals surface area contributed by atoms with Crippen molar-refractivity contribution in [1.29, 1.82) is 0 Å². The molecule has 1 saturated heterocycles. The normalized spacial score (nSPS) is 22.7. The van der Waals surface area contributed by atoms with Crippen molar-refractivity contribution in [1.82, 2.24) is 0 Å². The van der Waals surface area contributed by atoms with Gasteiger partial charge >= 0.3 is 5.97 Å². The fraction of sp³-hybridized carbons (Fsp3) is 0.812. The van der Waals surface area contributed by atoms with Gasteiger partial charge in [-0.15, -0.1) is 0 Å². The fourth-order valence-corrected chi connectivity index (χ4v) is 2.89. The van der Waals surface area contributed by atoms with E-state index in [1.54, 1.807) is 0 Å². The van der Waals surface area contributed by atoms with Crippen LogP contribution >= 0.6 is 0 Å². The molecule has 134 valence electrons. The third-order valence-corrected chi connectivity index (χ3v) is 9.05. The fourth-order valence-electron chi connectivity index (χ4n) is 1.88. The summed E-state index contributed by atoms with van der Waals surface area (Å²) in [6.45, 7) is 15.1. The standard InChI is InChI=1S/C16H30O6Si/c1-11(15(17)18)8-12(20-10-19-5)14-13(22-14)9-21-23(6,7)16(2,3)4/h12-14H,1,8-10H2,2-7H3,(H,17,18)/t12?,13-,14-/m0/s1. The second-order valence-electron chi connectivity index (χ2n) is 7.43. The van der Waals surface area contributed by atoms with Crippen molar-refractivity contribution in [2.75, 3.05) is 20.5 Å². The Morgan fingerprint density at radius 1 is 1.39 bits per heavy atom. The summed E-state index contributed by atoms with van der Waals surface area (Å²) < 4.78 is 22.2. The highest BCUT2D eigenvalue weighted by atomic mass is 28.4. The highest BCUT2D eigenvalue weighted by molar-refractivity contribution is 6.74. The van der Waals surface area contributed by atoms with Gasteiger partial charge in [0.15, 0.2) is 8.32 Å². The van der Waals surface area contributed by atoms with Gasteiger partial charge < -0.3 is 23.7 Å². The van der Waals surface area contributed by atoms with Gasteiger partial charge in [0.2, 0.25) is 0 Å². The van der Waals surface area contributed by atoms with Crippen LogP contribution in [0.15, 0.2) is 12.2 Å². The van der Waals surface area contributed by atoms with Crippen molar-refractivity contribution in [3.8, 4) is 0 Å². The van der Waals surface area contributed by atoms with Crippen molar-refractivity contribution in [2.24, 2.45) is 0 Å². The monoisotopic (exact) mass is 346 g/mol. The van der Waals surface area contributed by atoms with Crippen LogP contribution in [0.4, 0.5) is 0 Å². The molecule has 1 fully saturated rings. The minimum Gasteiger partial charge on any atom is -0.478 e. The van der Waals surface area contributed by atoms with E-state index in [1.807, 2.05) is 0 Å². The van der Waals surface area contributed by atoms with E-state index in [4.69, 9.17) is 23.7 Å². The molecule has 1 N–H and O–H groups in total. The molecular weight excluding hydrogens is 316 g/mol. The molecule has 0 aliphatic carbocycles. The molecule has 3 atom stereocenters. The summed E-state index contributed by atoms with van der Waals surface area (Å²) in [7, 11) is -0.302. The molecule has 6 nitrogen and oxygen atoms in total. The highest BCUT2D eigenvalue weighted by Crippen LogP contribution is 2.38. The van der Waals surface area contributed by atoms with Gasteiger partial charge in [-0.25, -0.2) is 4.79 Å². The molecular formula is C16H30O6Si. The molecule has 0 aromatic carbocycles. The SMILES string of the molecule is C=C(CC(OCOC)[C@@H]1O[C@H]1CO[Si](C)(C)C(C)(C)C)C(=O)O. The first kappa shape index (κ1) is 20.3. The zero-order chi connectivity index (χ0) is 17.8. The molecule has 1 unspecified atom stereocenters. The molecule has 0 saturated carbocycles. The summed E-state index contributed by atoms with van der Waals surface area (Å²) in [6.07, 6.45) is -0.412. The van der Waals surface area contributed by atoms with Gasteiger partial charge in [0, 0.05) is 19.1 Å². The van der Waals surface area contributed by atoms with Crippen LogP contribution < -0.4 is 0 Å². The van der Waals surface area contributed by atoms with Crippen LogP contribution in [0.5, 0.6) is 0 Å². The Morgan fingerprint density at radius 3 is 2.48 bits per heavy atom. The van der Waals surface area contributed by atoms with E-state index in [2.05, 4.69) is 40.4 Å². The summed E-state index contributed by atoms with van der Waals surface area (Å²) >= 11 is 0. The minimum absolute atomic E-state index is 0.0624. The first-order valence-corrected chi connectivity index (χ1v) is 10.7. The molecule has 7 heteroatoms. The van der Waals surface area contributed by atoms with Crippen LogP contribution in [-0.4, -0.2) is 58.2 Å². The molecule has 23 heavy (non-hydrogen) atoms. The Bertz CT molecular complexity index is 429. The molecule has 0 amide bonds. The maximum Gasteiger partial charge on any atom is 0.331 e. The lowest BCUT2D eigenvalue weighted by atomic mass is 10.1. The van der Waals surface area contributed by atoms with Gasteiger partial charge in [0.25, 0.3) is 0 Å². The summed E-state index contributed by atoms with van der Waals surface area (Å²) in [5, 5.41) is 9.12. The van der Waals surface area contributed by atoms with Crippen molar-refractivity contribution in [3.05, 3.63) is 12.2 Å². The van der Waals surface area contributed by atoms with Gasteiger partial charge in [-0.3, -0.25) is 0 Å². The zero-order valence-electron chi connectivity index (χ0n) is 15.0. The first-order chi connectivity index (χ1) is 10.5. The summed E-state index contributed by atoms with van der Waals surface area (Å²) in [5.41, 5.74) is 0.102. The van der Waals surface area contributed by atoms with Crippen LogP contribution in [0, 0.1) is 0 Å². The van der Waals surface area contributed by atoms with E-state index in [1.165, 1.54) is 7.11 Å². The molecule has 1 aliphatic rings. The summed E-state index contributed by atoms with van der Waals surface area (Å²) in [5.74, 6) is -1.02. The van der Waals surface area contributed by atoms with E-state index in [0.717, 1.165) is 0 Å². The molecule has 1 heterocycles. The van der Waals surface area contributed by atoms with Crippen molar-refractivity contribution in [2.45, 2.75) is 63.6 Å². The highest BCUT2D eigenvalue weighted by Gasteiger charge is 2.48. The molecule has 0 aromatic heterocycles. The van der Waals surface area contributed by atoms with Crippen LogP contribution in [-0.2, 0) is 23.4 Å². The second-order valence-corrected chi connectivity index (χ2v) is 12.2. The number of epoxide rings is 1. The number of hydrogen-bond donors (Lipinski definition) is 1. The van der Waals surface area contributed by atoms with E-state index < -0.39 is 14.3 Å². The van der Waals surface area contributed by atoms with Crippen LogP contribution in [0.1, 0.15) is 27.2 Å². The summed E-state index contributed by atoms with van der Waals surface area (Å²) in [4.78, 5) is 11.0. The Balaban J connectivity index is 2.53. The lowest BCUT2D eigenvalue weighted by molar-refractivity contribution is -0.133. The number of hydrogen-bond acceptors (Lipinski definition) is 5. The largest absolute Gasteiger partial charge is 0.478 e. The van der Waals surface area contributed by atoms with E-state index in [9.17, 15) is 4.79 Å². The lowest BCUT2D eigenvalue weighted by Gasteiger charge is -2.36. The maximum absolute atomic E-state index is 11.0. The van der Waals surface area contributed by atoms with Gasteiger partial charge in [0.1, 0.15) is 19.0 Å². The molecule has 1 rings (SSSR count). The molecule has 0 aromatic rings. The molecule has 1 aliphatic heterocycles. The number of aliphatic carboxylic acids is 1. The Labute approximate surface area is 139 Å². The summed E-state index contributed by atoms with van der Waals surface area (Å²) in [6, 6.07) is 0. The quantitative estimate of drug-likeness (QED) is 0.284. The third-order valence-electron chi connectivity index (χ3n) is 4.55. The van der Waals surface area contributed by atoms with E-state index >= 15 is 0 Å². The van der Waals surface area contributed by atoms with E-state index in [0.29, 0.717) is 6.61 Å².